The minimum absolute atomic E-state index is 0.128. The lowest BCUT2D eigenvalue weighted by molar-refractivity contribution is 0.184. The molecule has 3 aromatic rings. The SMILES string of the molecule is Cc1cccc(Cn2ncnc2C2CN(C)c3ccccc3O2)c1. The molecule has 1 unspecified atom stereocenters. The van der Waals surface area contributed by atoms with E-state index in [1.807, 2.05) is 22.9 Å². The first-order valence-electron chi connectivity index (χ1n) is 8.11. The largest absolute Gasteiger partial charge is 0.478 e. The molecule has 0 saturated carbocycles. The lowest BCUT2D eigenvalue weighted by Crippen LogP contribution is -2.33. The molecule has 24 heavy (non-hydrogen) atoms. The van der Waals surface area contributed by atoms with Gasteiger partial charge in [0, 0.05) is 7.05 Å². The minimum Gasteiger partial charge on any atom is -0.478 e. The third kappa shape index (κ3) is 2.73. The maximum atomic E-state index is 6.18. The van der Waals surface area contributed by atoms with Crippen LogP contribution in [0.1, 0.15) is 23.1 Å². The normalized spacial score (nSPS) is 16.6. The number of rotatable bonds is 3. The van der Waals surface area contributed by atoms with Gasteiger partial charge in [0.25, 0.3) is 0 Å². The molecule has 5 nitrogen and oxygen atoms in total. The summed E-state index contributed by atoms with van der Waals surface area (Å²) in [5, 5.41) is 4.40. The Bertz CT molecular complexity index is 858. The van der Waals surface area contributed by atoms with Crippen LogP contribution in [-0.2, 0) is 6.54 Å². The van der Waals surface area contributed by atoms with Crippen LogP contribution in [-0.4, -0.2) is 28.4 Å². The minimum atomic E-state index is -0.128. The maximum absolute atomic E-state index is 6.18. The molecule has 4 rings (SSSR count). The molecule has 0 N–H and O–H groups in total. The van der Waals surface area contributed by atoms with Crippen molar-refractivity contribution < 1.29 is 4.74 Å². The van der Waals surface area contributed by atoms with Crippen LogP contribution in [0.3, 0.4) is 0 Å². The van der Waals surface area contributed by atoms with Crippen molar-refractivity contribution in [1.82, 2.24) is 14.8 Å². The molecule has 1 aromatic heterocycles. The van der Waals surface area contributed by atoms with E-state index in [0.717, 1.165) is 23.8 Å². The van der Waals surface area contributed by atoms with Gasteiger partial charge < -0.3 is 9.64 Å². The molecule has 0 aliphatic carbocycles. The van der Waals surface area contributed by atoms with Crippen LogP contribution in [0.5, 0.6) is 5.75 Å². The molecule has 122 valence electrons. The number of anilines is 1. The van der Waals surface area contributed by atoms with Crippen LogP contribution in [0, 0.1) is 6.92 Å². The lowest BCUT2D eigenvalue weighted by atomic mass is 10.1. The zero-order chi connectivity index (χ0) is 16.5. The topological polar surface area (TPSA) is 43.2 Å². The number of hydrogen-bond donors (Lipinski definition) is 0. The van der Waals surface area contributed by atoms with Gasteiger partial charge in [-0.2, -0.15) is 5.10 Å². The van der Waals surface area contributed by atoms with Gasteiger partial charge in [0.2, 0.25) is 0 Å². The molecule has 2 heterocycles. The molecule has 0 bridgehead atoms. The number of para-hydroxylation sites is 2. The summed E-state index contributed by atoms with van der Waals surface area (Å²) in [6.07, 6.45) is 1.48. The quantitative estimate of drug-likeness (QED) is 0.743. The molecule has 0 amide bonds. The Morgan fingerprint density at radius 2 is 2.04 bits per heavy atom. The van der Waals surface area contributed by atoms with Gasteiger partial charge in [0.15, 0.2) is 11.9 Å². The smallest absolute Gasteiger partial charge is 0.175 e. The molecule has 5 heteroatoms. The van der Waals surface area contributed by atoms with E-state index in [4.69, 9.17) is 4.74 Å². The molecule has 0 saturated heterocycles. The third-order valence-electron chi connectivity index (χ3n) is 4.33. The number of aryl methyl sites for hydroxylation is 1. The predicted octanol–water partition coefficient (Wildman–Crippen LogP) is 3.20. The van der Waals surface area contributed by atoms with Crippen molar-refractivity contribution in [2.75, 3.05) is 18.5 Å². The highest BCUT2D eigenvalue weighted by molar-refractivity contribution is 5.59. The number of fused-ring (bicyclic) bond motifs is 1. The molecule has 2 aromatic carbocycles. The zero-order valence-electron chi connectivity index (χ0n) is 13.9. The predicted molar refractivity (Wildman–Crippen MR) is 93.4 cm³/mol. The van der Waals surface area contributed by atoms with E-state index in [-0.39, 0.29) is 6.10 Å². The first kappa shape index (κ1) is 14.8. The van der Waals surface area contributed by atoms with Gasteiger partial charge in [-0.25, -0.2) is 9.67 Å². The van der Waals surface area contributed by atoms with E-state index in [2.05, 4.69) is 59.3 Å². The van der Waals surface area contributed by atoms with E-state index in [1.54, 1.807) is 6.33 Å². The first-order valence-corrected chi connectivity index (χ1v) is 8.11. The second kappa shape index (κ2) is 6.00. The van der Waals surface area contributed by atoms with Crippen LogP contribution >= 0.6 is 0 Å². The van der Waals surface area contributed by atoms with Crippen molar-refractivity contribution in [2.24, 2.45) is 0 Å². The standard InChI is InChI=1S/C19H20N4O/c1-14-6-5-7-15(10-14)11-23-19(20-13-21-23)18-12-22(2)16-8-3-4-9-17(16)24-18/h3-10,13,18H,11-12H2,1-2H3. The number of likely N-dealkylation sites (N-methyl/N-ethyl adjacent to an activating group) is 1. The van der Waals surface area contributed by atoms with E-state index in [1.165, 1.54) is 11.1 Å². The fourth-order valence-corrected chi connectivity index (χ4v) is 3.17. The van der Waals surface area contributed by atoms with E-state index < -0.39 is 0 Å². The summed E-state index contributed by atoms with van der Waals surface area (Å²) in [6.45, 7) is 3.55. The monoisotopic (exact) mass is 320 g/mol. The molecular formula is C19H20N4O. The zero-order valence-corrected chi connectivity index (χ0v) is 13.9. The fourth-order valence-electron chi connectivity index (χ4n) is 3.17. The summed E-state index contributed by atoms with van der Waals surface area (Å²) in [6, 6.07) is 16.6. The second-order valence-electron chi connectivity index (χ2n) is 6.22. The number of hydrogen-bond acceptors (Lipinski definition) is 4. The second-order valence-corrected chi connectivity index (χ2v) is 6.22. The van der Waals surface area contributed by atoms with Crippen molar-refractivity contribution in [2.45, 2.75) is 19.6 Å². The van der Waals surface area contributed by atoms with Crippen molar-refractivity contribution in [3.8, 4) is 5.75 Å². The van der Waals surface area contributed by atoms with Crippen LogP contribution in [0.2, 0.25) is 0 Å². The Balaban J connectivity index is 1.61. The first-order chi connectivity index (χ1) is 11.7. The van der Waals surface area contributed by atoms with E-state index in [9.17, 15) is 0 Å². The van der Waals surface area contributed by atoms with Crippen molar-refractivity contribution in [1.29, 1.82) is 0 Å². The summed E-state index contributed by atoms with van der Waals surface area (Å²) in [7, 11) is 2.08. The van der Waals surface area contributed by atoms with Crippen molar-refractivity contribution in [3.63, 3.8) is 0 Å². The molecule has 0 radical (unpaired) electrons. The number of benzene rings is 2. The Kier molecular flexibility index (Phi) is 3.69. The highest BCUT2D eigenvalue weighted by Crippen LogP contribution is 2.36. The van der Waals surface area contributed by atoms with Gasteiger partial charge in [-0.1, -0.05) is 42.0 Å². The molecule has 1 aliphatic heterocycles. The van der Waals surface area contributed by atoms with Gasteiger partial charge in [-0.05, 0) is 24.6 Å². The Labute approximate surface area is 141 Å². The summed E-state index contributed by atoms with van der Waals surface area (Å²) in [4.78, 5) is 6.67. The van der Waals surface area contributed by atoms with Crippen LogP contribution < -0.4 is 9.64 Å². The lowest BCUT2D eigenvalue weighted by Gasteiger charge is -2.33. The Morgan fingerprint density at radius 3 is 2.92 bits per heavy atom. The van der Waals surface area contributed by atoms with Crippen LogP contribution in [0.4, 0.5) is 5.69 Å². The number of nitrogens with zero attached hydrogens (tertiary/aromatic N) is 4. The highest BCUT2D eigenvalue weighted by atomic mass is 16.5. The molecule has 0 spiro atoms. The van der Waals surface area contributed by atoms with Crippen LogP contribution in [0.15, 0.2) is 54.9 Å². The summed E-state index contributed by atoms with van der Waals surface area (Å²) in [5.74, 6) is 1.75. The third-order valence-corrected chi connectivity index (χ3v) is 4.33. The van der Waals surface area contributed by atoms with Crippen LogP contribution in [0.25, 0.3) is 0 Å². The molecule has 0 fully saturated rings. The number of ether oxygens (including phenoxy) is 1. The van der Waals surface area contributed by atoms with Gasteiger partial charge >= 0.3 is 0 Å². The van der Waals surface area contributed by atoms with Gasteiger partial charge in [0.05, 0.1) is 18.8 Å². The van der Waals surface area contributed by atoms with E-state index >= 15 is 0 Å². The fraction of sp³-hybridized carbons (Fsp3) is 0.263. The van der Waals surface area contributed by atoms with E-state index in [0.29, 0.717) is 6.54 Å². The average Bonchev–Trinajstić information content (AvgIpc) is 3.03. The van der Waals surface area contributed by atoms with Gasteiger partial charge in [0.1, 0.15) is 12.1 Å². The molecular weight excluding hydrogens is 300 g/mol. The number of aromatic nitrogens is 3. The van der Waals surface area contributed by atoms with Crippen molar-refractivity contribution >= 4 is 5.69 Å². The Hall–Kier alpha value is -2.82. The van der Waals surface area contributed by atoms with Gasteiger partial charge in [-0.3, -0.25) is 0 Å². The summed E-state index contributed by atoms with van der Waals surface area (Å²) >= 11 is 0. The van der Waals surface area contributed by atoms with Gasteiger partial charge in [-0.15, -0.1) is 0 Å². The summed E-state index contributed by atoms with van der Waals surface area (Å²) < 4.78 is 8.12. The molecule has 1 aliphatic rings. The average molecular weight is 320 g/mol. The Morgan fingerprint density at radius 1 is 1.17 bits per heavy atom. The molecule has 1 atom stereocenters. The highest BCUT2D eigenvalue weighted by Gasteiger charge is 2.28. The summed E-state index contributed by atoms with van der Waals surface area (Å²) in [5.41, 5.74) is 3.57. The maximum Gasteiger partial charge on any atom is 0.175 e. The van der Waals surface area contributed by atoms with Crippen molar-refractivity contribution in [3.05, 3.63) is 71.8 Å².